The first kappa shape index (κ1) is 8.95. The van der Waals surface area contributed by atoms with Crippen molar-refractivity contribution in [2.75, 3.05) is 13.1 Å². The van der Waals surface area contributed by atoms with Gasteiger partial charge in [0, 0.05) is 6.54 Å². The van der Waals surface area contributed by atoms with Crippen molar-refractivity contribution in [1.82, 2.24) is 5.06 Å². The summed E-state index contributed by atoms with van der Waals surface area (Å²) in [6, 6.07) is -1.00. The van der Waals surface area contributed by atoms with Crippen molar-refractivity contribution in [3.8, 4) is 0 Å². The summed E-state index contributed by atoms with van der Waals surface area (Å²) in [5.41, 5.74) is 5.21. The second kappa shape index (κ2) is 3.51. The van der Waals surface area contributed by atoms with Crippen molar-refractivity contribution in [1.29, 1.82) is 0 Å². The lowest BCUT2D eigenvalue weighted by atomic mass is 10.3. The van der Waals surface area contributed by atoms with Crippen molar-refractivity contribution in [2.24, 2.45) is 5.73 Å². The minimum Gasteiger partial charge on any atom is -0.480 e. The Kier molecular flexibility index (Phi) is 2.61. The topological polar surface area (TPSA) is 92.9 Å². The molecule has 0 radical (unpaired) electrons. The fourth-order valence-corrected chi connectivity index (χ4v) is 0.877. The number of carboxylic acid groups (broad SMARTS) is 1. The second-order valence-electron chi connectivity index (χ2n) is 2.55. The van der Waals surface area contributed by atoms with Crippen molar-refractivity contribution in [3.05, 3.63) is 0 Å². The third-order valence-electron chi connectivity index (χ3n) is 1.51. The van der Waals surface area contributed by atoms with Crippen molar-refractivity contribution in [2.45, 2.75) is 12.5 Å². The highest BCUT2D eigenvalue weighted by atomic mass is 16.7. The quantitative estimate of drug-likeness (QED) is 0.544. The van der Waals surface area contributed by atoms with E-state index in [1.165, 1.54) is 5.06 Å². The summed E-state index contributed by atoms with van der Waals surface area (Å²) in [5.74, 6) is -1.44. The summed E-state index contributed by atoms with van der Waals surface area (Å²) in [4.78, 5) is 25.5. The summed E-state index contributed by atoms with van der Waals surface area (Å²) >= 11 is 0. The lowest BCUT2D eigenvalue weighted by Gasteiger charge is -2.14. The van der Waals surface area contributed by atoms with E-state index in [9.17, 15) is 9.59 Å². The Morgan fingerprint density at radius 3 is 2.92 bits per heavy atom. The van der Waals surface area contributed by atoms with Crippen LogP contribution in [-0.2, 0) is 14.4 Å². The number of nitrogens with two attached hydrogens (primary N) is 1. The maximum Gasteiger partial charge on any atom is 0.326 e. The van der Waals surface area contributed by atoms with Gasteiger partial charge < -0.3 is 15.7 Å². The molecule has 6 heteroatoms. The summed E-state index contributed by atoms with van der Waals surface area (Å²) in [5, 5.41) is 9.68. The van der Waals surface area contributed by atoms with Crippen LogP contribution in [0.25, 0.3) is 0 Å². The van der Waals surface area contributed by atoms with Crippen LogP contribution in [0.5, 0.6) is 0 Å². The minimum atomic E-state index is -1.10. The Bertz CT molecular complexity index is 206. The molecule has 6 nitrogen and oxygen atoms in total. The summed E-state index contributed by atoms with van der Waals surface area (Å²) in [6.07, 6.45) is 0.298. The van der Waals surface area contributed by atoms with Gasteiger partial charge in [0.1, 0.15) is 6.04 Å². The number of hydroxylamine groups is 2. The highest BCUT2D eigenvalue weighted by molar-refractivity contribution is 5.74. The molecule has 0 aromatic heterocycles. The van der Waals surface area contributed by atoms with Gasteiger partial charge >= 0.3 is 11.9 Å². The van der Waals surface area contributed by atoms with E-state index < -0.39 is 12.0 Å². The predicted octanol–water partition coefficient (Wildman–Crippen LogP) is -1.44. The molecule has 1 heterocycles. The maximum absolute atomic E-state index is 10.6. The molecule has 3 N–H and O–H groups in total. The van der Waals surface area contributed by atoms with Gasteiger partial charge in [0.15, 0.2) is 0 Å². The Morgan fingerprint density at radius 2 is 2.50 bits per heavy atom. The lowest BCUT2D eigenvalue weighted by Crippen LogP contribution is -2.41. The molecule has 1 atom stereocenters. The molecule has 1 aliphatic heterocycles. The molecule has 0 saturated carbocycles. The van der Waals surface area contributed by atoms with Gasteiger partial charge in [0.05, 0.1) is 13.0 Å². The standard InChI is InChI=1S/C6H10N2O4/c7-4(6(10)11)3-8-2-1-5(9)12-8/h4H,1-3,7H2,(H,10,11)/t4-/m0/s1. The number of carbonyl (C=O) groups excluding carboxylic acids is 1. The molecule has 0 unspecified atom stereocenters. The Morgan fingerprint density at radius 1 is 1.83 bits per heavy atom. The number of rotatable bonds is 3. The summed E-state index contributed by atoms with van der Waals surface area (Å²) < 4.78 is 0. The molecule has 0 amide bonds. The van der Waals surface area contributed by atoms with Crippen molar-refractivity contribution < 1.29 is 19.5 Å². The number of nitrogens with zero attached hydrogens (tertiary/aromatic N) is 1. The van der Waals surface area contributed by atoms with Gasteiger partial charge in [-0.15, -0.1) is 5.06 Å². The zero-order valence-electron chi connectivity index (χ0n) is 6.40. The monoisotopic (exact) mass is 174 g/mol. The SMILES string of the molecule is N[C@@H](CN1CCC(=O)O1)C(=O)O. The Labute approximate surface area is 68.8 Å². The Balaban J connectivity index is 2.32. The zero-order chi connectivity index (χ0) is 9.14. The molecule has 0 aromatic rings. The highest BCUT2D eigenvalue weighted by Crippen LogP contribution is 2.05. The van der Waals surface area contributed by atoms with E-state index in [1.54, 1.807) is 0 Å². The predicted molar refractivity (Wildman–Crippen MR) is 37.9 cm³/mol. The van der Waals surface area contributed by atoms with Crippen LogP contribution in [0.1, 0.15) is 6.42 Å². The number of carboxylic acids is 1. The molecule has 68 valence electrons. The first-order valence-electron chi connectivity index (χ1n) is 3.53. The fourth-order valence-electron chi connectivity index (χ4n) is 0.877. The van der Waals surface area contributed by atoms with Crippen LogP contribution in [-0.4, -0.2) is 41.2 Å². The molecule has 1 rings (SSSR count). The number of carbonyl (C=O) groups is 2. The van der Waals surface area contributed by atoms with Crippen LogP contribution >= 0.6 is 0 Å². The van der Waals surface area contributed by atoms with Gasteiger partial charge in [-0.3, -0.25) is 9.59 Å². The smallest absolute Gasteiger partial charge is 0.326 e. The van der Waals surface area contributed by atoms with Crippen LogP contribution in [0.15, 0.2) is 0 Å². The number of hydrogen-bond donors (Lipinski definition) is 2. The first-order valence-corrected chi connectivity index (χ1v) is 3.53. The van der Waals surface area contributed by atoms with Crippen LogP contribution in [0.3, 0.4) is 0 Å². The molecule has 0 spiro atoms. The average molecular weight is 174 g/mol. The van der Waals surface area contributed by atoms with Crippen molar-refractivity contribution in [3.63, 3.8) is 0 Å². The van der Waals surface area contributed by atoms with Crippen LogP contribution in [0.2, 0.25) is 0 Å². The van der Waals surface area contributed by atoms with E-state index in [0.29, 0.717) is 13.0 Å². The molecule has 12 heavy (non-hydrogen) atoms. The van der Waals surface area contributed by atoms with E-state index in [4.69, 9.17) is 10.8 Å². The molecule has 0 aliphatic carbocycles. The second-order valence-corrected chi connectivity index (χ2v) is 2.55. The van der Waals surface area contributed by atoms with Gasteiger partial charge in [0.2, 0.25) is 0 Å². The minimum absolute atomic E-state index is 0.0427. The molecule has 1 aliphatic rings. The molecule has 0 bridgehead atoms. The number of aliphatic carboxylic acids is 1. The average Bonchev–Trinajstić information content (AvgIpc) is 2.35. The van der Waals surface area contributed by atoms with Gasteiger partial charge in [-0.25, -0.2) is 0 Å². The lowest BCUT2D eigenvalue weighted by molar-refractivity contribution is -0.172. The van der Waals surface area contributed by atoms with E-state index in [1.807, 2.05) is 0 Å². The third kappa shape index (κ3) is 2.18. The van der Waals surface area contributed by atoms with Gasteiger partial charge in [-0.1, -0.05) is 0 Å². The third-order valence-corrected chi connectivity index (χ3v) is 1.51. The molecular weight excluding hydrogens is 164 g/mol. The molecule has 1 saturated heterocycles. The maximum atomic E-state index is 10.6. The summed E-state index contributed by atoms with van der Waals surface area (Å²) in [6.45, 7) is 0.459. The van der Waals surface area contributed by atoms with E-state index in [0.717, 1.165) is 0 Å². The van der Waals surface area contributed by atoms with Crippen molar-refractivity contribution >= 4 is 11.9 Å². The molecule has 0 aromatic carbocycles. The van der Waals surface area contributed by atoms with E-state index in [2.05, 4.69) is 4.84 Å². The first-order chi connectivity index (χ1) is 5.59. The normalized spacial score (nSPS) is 20.6. The van der Waals surface area contributed by atoms with Gasteiger partial charge in [0.25, 0.3) is 0 Å². The number of hydrogen-bond acceptors (Lipinski definition) is 5. The fraction of sp³-hybridized carbons (Fsp3) is 0.667. The highest BCUT2D eigenvalue weighted by Gasteiger charge is 2.25. The summed E-state index contributed by atoms with van der Waals surface area (Å²) in [7, 11) is 0. The Hall–Kier alpha value is -1.14. The van der Waals surface area contributed by atoms with Gasteiger partial charge in [-0.2, -0.15) is 0 Å². The molecule has 1 fully saturated rings. The van der Waals surface area contributed by atoms with E-state index in [-0.39, 0.29) is 12.5 Å². The van der Waals surface area contributed by atoms with Gasteiger partial charge in [-0.05, 0) is 0 Å². The van der Waals surface area contributed by atoms with Crippen LogP contribution in [0, 0.1) is 0 Å². The van der Waals surface area contributed by atoms with Crippen LogP contribution < -0.4 is 5.73 Å². The van der Waals surface area contributed by atoms with E-state index >= 15 is 0 Å². The van der Waals surface area contributed by atoms with Crippen LogP contribution in [0.4, 0.5) is 0 Å². The molecular formula is C6H10N2O4. The zero-order valence-corrected chi connectivity index (χ0v) is 6.40. The largest absolute Gasteiger partial charge is 0.480 e.